The van der Waals surface area contributed by atoms with E-state index in [4.69, 9.17) is 14.2 Å². The molecule has 0 spiro atoms. The summed E-state index contributed by atoms with van der Waals surface area (Å²) in [4.78, 5) is 24.9. The van der Waals surface area contributed by atoms with Gasteiger partial charge in [-0.2, -0.15) is 5.10 Å². The van der Waals surface area contributed by atoms with Gasteiger partial charge in [-0.05, 0) is 100 Å². The van der Waals surface area contributed by atoms with Crippen molar-refractivity contribution in [2.45, 2.75) is 27.2 Å². The van der Waals surface area contributed by atoms with E-state index in [0.717, 1.165) is 12.0 Å². The van der Waals surface area contributed by atoms with Crippen LogP contribution in [0.15, 0.2) is 68.6 Å². The van der Waals surface area contributed by atoms with Gasteiger partial charge in [0.2, 0.25) is 0 Å². The molecule has 0 aromatic heterocycles. The molecule has 10 heteroatoms. The molecule has 3 rings (SSSR count). The summed E-state index contributed by atoms with van der Waals surface area (Å²) in [6, 6.07) is 16.0. The number of nitrogens with zero attached hydrogens (tertiary/aromatic N) is 1. The van der Waals surface area contributed by atoms with Crippen LogP contribution in [0.1, 0.15) is 41.8 Å². The molecular weight excluding hydrogens is 618 g/mol. The zero-order valence-corrected chi connectivity index (χ0v) is 24.5. The van der Waals surface area contributed by atoms with Gasteiger partial charge in [-0.15, -0.1) is 0 Å². The van der Waals surface area contributed by atoms with Crippen LogP contribution in [0.25, 0.3) is 0 Å². The van der Waals surface area contributed by atoms with Crippen LogP contribution in [0, 0.1) is 6.92 Å². The fraction of sp³-hybridized carbons (Fsp3) is 0.250. The average Bonchev–Trinajstić information content (AvgIpc) is 2.89. The summed E-state index contributed by atoms with van der Waals surface area (Å²) in [5, 5.41) is 6.85. The Kier molecular flexibility index (Phi) is 11.2. The molecule has 0 aliphatic rings. The van der Waals surface area contributed by atoms with Gasteiger partial charge in [-0.3, -0.25) is 9.59 Å². The third-order valence-electron chi connectivity index (χ3n) is 5.05. The van der Waals surface area contributed by atoms with Crippen LogP contribution in [-0.4, -0.2) is 37.8 Å². The smallest absolute Gasteiger partial charge is 0.271 e. The molecule has 200 valence electrons. The van der Waals surface area contributed by atoms with E-state index in [1.165, 1.54) is 6.21 Å². The fourth-order valence-electron chi connectivity index (χ4n) is 3.24. The molecule has 0 heterocycles. The molecule has 0 saturated carbocycles. The molecular formula is C28H29Br2N3O5. The molecule has 0 bridgehead atoms. The van der Waals surface area contributed by atoms with Crippen LogP contribution in [0.4, 0.5) is 5.69 Å². The number of halogens is 2. The lowest BCUT2D eigenvalue weighted by Gasteiger charge is -2.12. The molecule has 0 saturated heterocycles. The lowest BCUT2D eigenvalue weighted by molar-refractivity contribution is -0.118. The van der Waals surface area contributed by atoms with Crippen molar-refractivity contribution < 1.29 is 23.8 Å². The number of carbonyl (C=O) groups is 2. The minimum absolute atomic E-state index is 0.166. The van der Waals surface area contributed by atoms with Gasteiger partial charge in [-0.25, -0.2) is 5.43 Å². The minimum Gasteiger partial charge on any atom is -0.490 e. The van der Waals surface area contributed by atoms with Crippen LogP contribution < -0.4 is 25.0 Å². The highest BCUT2D eigenvalue weighted by atomic mass is 79.9. The third kappa shape index (κ3) is 8.59. The number of aryl methyl sites for hydroxylation is 1. The molecule has 0 unspecified atom stereocenters. The predicted octanol–water partition coefficient (Wildman–Crippen LogP) is 6.49. The summed E-state index contributed by atoms with van der Waals surface area (Å²) in [6.07, 6.45) is 2.37. The molecule has 38 heavy (non-hydrogen) atoms. The highest BCUT2D eigenvalue weighted by Gasteiger charge is 2.13. The first kappa shape index (κ1) is 29.2. The highest BCUT2D eigenvalue weighted by Crippen LogP contribution is 2.34. The van der Waals surface area contributed by atoms with Crippen LogP contribution >= 0.6 is 31.9 Å². The van der Waals surface area contributed by atoms with Gasteiger partial charge in [0.1, 0.15) is 5.75 Å². The summed E-state index contributed by atoms with van der Waals surface area (Å²) < 4.78 is 18.2. The van der Waals surface area contributed by atoms with Crippen molar-refractivity contribution in [1.82, 2.24) is 5.43 Å². The highest BCUT2D eigenvalue weighted by molar-refractivity contribution is 9.11. The zero-order chi connectivity index (χ0) is 27.5. The van der Waals surface area contributed by atoms with Gasteiger partial charge < -0.3 is 19.5 Å². The van der Waals surface area contributed by atoms with E-state index in [2.05, 4.69) is 47.7 Å². The number of carbonyl (C=O) groups excluding carboxylic acids is 2. The molecule has 8 nitrogen and oxygen atoms in total. The van der Waals surface area contributed by atoms with E-state index in [9.17, 15) is 9.59 Å². The number of nitrogens with one attached hydrogen (secondary N) is 2. The first-order valence-electron chi connectivity index (χ1n) is 12.0. The average molecular weight is 647 g/mol. The maximum absolute atomic E-state index is 12.6. The van der Waals surface area contributed by atoms with Gasteiger partial charge in [0.05, 0.1) is 28.4 Å². The van der Waals surface area contributed by atoms with Crippen LogP contribution in [0.5, 0.6) is 17.2 Å². The van der Waals surface area contributed by atoms with Crippen molar-refractivity contribution in [3.05, 3.63) is 80.2 Å². The predicted molar refractivity (Wildman–Crippen MR) is 156 cm³/mol. The van der Waals surface area contributed by atoms with Crippen molar-refractivity contribution in [2.75, 3.05) is 25.1 Å². The summed E-state index contributed by atoms with van der Waals surface area (Å²) in [5.74, 6) is 0.909. The number of ether oxygens (including phenoxy) is 3. The van der Waals surface area contributed by atoms with Crippen LogP contribution in [0.3, 0.4) is 0 Å². The Morgan fingerprint density at radius 1 is 0.921 bits per heavy atom. The topological polar surface area (TPSA) is 98.3 Å². The number of hydrogen-bond acceptors (Lipinski definition) is 6. The number of anilines is 1. The minimum atomic E-state index is -0.387. The third-order valence-corrected chi connectivity index (χ3v) is 6.23. The Labute approximate surface area is 239 Å². The lowest BCUT2D eigenvalue weighted by atomic mass is 10.2. The summed E-state index contributed by atoms with van der Waals surface area (Å²) in [6.45, 7) is 6.71. The van der Waals surface area contributed by atoms with Crippen LogP contribution in [0.2, 0.25) is 0 Å². The monoisotopic (exact) mass is 645 g/mol. The SMILES string of the molecule is CCCOc1ccc(C(=O)N/N=C/c2cc(Br)c(OCC(=O)Nc3ccc(C)cc3)c(Br)c2)cc1OCC. The second-order valence-corrected chi connectivity index (χ2v) is 9.87. The number of hydrogen-bond donors (Lipinski definition) is 2. The molecule has 0 aliphatic heterocycles. The van der Waals surface area contributed by atoms with Gasteiger partial charge >= 0.3 is 0 Å². The van der Waals surface area contributed by atoms with Crippen molar-refractivity contribution in [3.63, 3.8) is 0 Å². The van der Waals surface area contributed by atoms with Gasteiger partial charge in [-0.1, -0.05) is 24.6 Å². The first-order valence-corrected chi connectivity index (χ1v) is 13.6. The summed E-state index contributed by atoms with van der Waals surface area (Å²) >= 11 is 6.93. The first-order chi connectivity index (χ1) is 18.3. The molecule has 2 N–H and O–H groups in total. The molecule has 0 radical (unpaired) electrons. The molecule has 0 fully saturated rings. The second kappa shape index (κ2) is 14.5. The van der Waals surface area contributed by atoms with Crippen molar-refractivity contribution in [2.24, 2.45) is 5.10 Å². The van der Waals surface area contributed by atoms with E-state index in [1.54, 1.807) is 30.3 Å². The van der Waals surface area contributed by atoms with Crippen LogP contribution in [-0.2, 0) is 4.79 Å². The second-order valence-electron chi connectivity index (χ2n) is 8.16. The summed E-state index contributed by atoms with van der Waals surface area (Å²) in [5.41, 5.74) is 5.41. The van der Waals surface area contributed by atoms with Gasteiger partial charge in [0, 0.05) is 11.3 Å². The maximum Gasteiger partial charge on any atom is 0.271 e. The van der Waals surface area contributed by atoms with Crippen molar-refractivity contribution in [3.8, 4) is 17.2 Å². The molecule has 3 aromatic rings. The normalized spacial score (nSPS) is 10.8. The van der Waals surface area contributed by atoms with Gasteiger partial charge in [0.15, 0.2) is 18.1 Å². The Morgan fingerprint density at radius 2 is 1.63 bits per heavy atom. The Bertz CT molecular complexity index is 1270. The van der Waals surface area contributed by atoms with E-state index >= 15 is 0 Å². The van der Waals surface area contributed by atoms with Crippen molar-refractivity contribution in [1.29, 1.82) is 0 Å². The zero-order valence-electron chi connectivity index (χ0n) is 21.3. The van der Waals surface area contributed by atoms with E-state index in [-0.39, 0.29) is 18.4 Å². The van der Waals surface area contributed by atoms with E-state index in [0.29, 0.717) is 56.2 Å². The fourth-order valence-corrected chi connectivity index (χ4v) is 4.69. The van der Waals surface area contributed by atoms with Gasteiger partial charge in [0.25, 0.3) is 11.8 Å². The molecule has 3 aromatic carbocycles. The number of hydrazone groups is 1. The van der Waals surface area contributed by atoms with Crippen molar-refractivity contribution >= 4 is 55.6 Å². The Morgan fingerprint density at radius 3 is 2.29 bits per heavy atom. The summed E-state index contributed by atoms with van der Waals surface area (Å²) in [7, 11) is 0. The Hall–Kier alpha value is -3.37. The van der Waals surface area contributed by atoms with E-state index in [1.807, 2.05) is 45.0 Å². The molecule has 0 aliphatic carbocycles. The van der Waals surface area contributed by atoms with E-state index < -0.39 is 0 Å². The number of rotatable bonds is 12. The molecule has 2 amide bonds. The Balaban J connectivity index is 1.59. The number of amides is 2. The standard InChI is InChI=1S/C28H29Br2N3O5/c1-4-12-37-24-11-8-20(15-25(24)36-5-2)28(35)33-31-16-19-13-22(29)27(23(30)14-19)38-17-26(34)32-21-9-6-18(3)7-10-21/h6-11,13-16H,4-5,12,17H2,1-3H3,(H,32,34)(H,33,35)/b31-16+. The maximum atomic E-state index is 12.6. The number of benzene rings is 3. The quantitative estimate of drug-likeness (QED) is 0.173. The largest absolute Gasteiger partial charge is 0.490 e. The lowest BCUT2D eigenvalue weighted by Crippen LogP contribution is -2.20. The molecule has 0 atom stereocenters.